The molecular weight excluding hydrogens is 333 g/mol. The smallest absolute Gasteiger partial charge is 0.253 e. The molecule has 0 aliphatic carbocycles. The molecular formula is C17H23Cl2N3O. The van der Waals surface area contributed by atoms with Crippen LogP contribution in [0.15, 0.2) is 36.5 Å². The first-order chi connectivity index (χ1) is 10.3. The summed E-state index contributed by atoms with van der Waals surface area (Å²) >= 11 is 0. The standard InChI is InChI=1S/C17H21N3O.2ClH/c21-17(20-11-8-13-4-2-9-18-12-13)15-7-1-5-14-6-3-10-19-16(14)15;;/h1,3,5-7,10,13,18H,2,4,8-9,11-12H2,(H,20,21);2*1H. The van der Waals surface area contributed by atoms with E-state index in [1.165, 1.54) is 12.8 Å². The van der Waals surface area contributed by atoms with Gasteiger partial charge in [-0.05, 0) is 50.4 Å². The fraction of sp³-hybridized carbons (Fsp3) is 0.412. The average molecular weight is 356 g/mol. The predicted molar refractivity (Wildman–Crippen MR) is 98.8 cm³/mol. The van der Waals surface area contributed by atoms with Crippen LogP contribution in [0.2, 0.25) is 0 Å². The fourth-order valence-corrected chi connectivity index (χ4v) is 2.94. The van der Waals surface area contributed by atoms with Crippen LogP contribution in [0.5, 0.6) is 0 Å². The Hall–Kier alpha value is -1.36. The lowest BCUT2D eigenvalue weighted by Gasteiger charge is -2.22. The molecule has 1 atom stereocenters. The van der Waals surface area contributed by atoms with Gasteiger partial charge in [0.25, 0.3) is 5.91 Å². The molecule has 6 heteroatoms. The lowest BCUT2D eigenvalue weighted by molar-refractivity contribution is 0.0952. The maximum Gasteiger partial charge on any atom is 0.253 e. The molecule has 126 valence electrons. The topological polar surface area (TPSA) is 54.0 Å². The Kier molecular flexibility index (Phi) is 8.31. The summed E-state index contributed by atoms with van der Waals surface area (Å²) in [6, 6.07) is 9.59. The highest BCUT2D eigenvalue weighted by molar-refractivity contribution is 6.05. The number of fused-ring (bicyclic) bond motifs is 1. The molecule has 0 bridgehead atoms. The van der Waals surface area contributed by atoms with E-state index in [1.807, 2.05) is 30.3 Å². The van der Waals surface area contributed by atoms with Crippen molar-refractivity contribution >= 4 is 41.6 Å². The number of piperidine rings is 1. The van der Waals surface area contributed by atoms with Gasteiger partial charge in [-0.2, -0.15) is 0 Å². The van der Waals surface area contributed by atoms with Gasteiger partial charge in [0.05, 0.1) is 11.1 Å². The number of nitrogens with zero attached hydrogens (tertiary/aromatic N) is 1. The van der Waals surface area contributed by atoms with E-state index >= 15 is 0 Å². The Labute approximate surface area is 149 Å². The van der Waals surface area contributed by atoms with E-state index in [4.69, 9.17) is 0 Å². The fourth-order valence-electron chi connectivity index (χ4n) is 2.94. The third-order valence-electron chi connectivity index (χ3n) is 4.11. The number of benzene rings is 1. The Morgan fingerprint density at radius 1 is 1.26 bits per heavy atom. The number of para-hydroxylation sites is 1. The Morgan fingerprint density at radius 2 is 2.09 bits per heavy atom. The SMILES string of the molecule is Cl.Cl.O=C(NCCC1CCCNC1)c1cccc2cccnc12. The number of carbonyl (C=O) groups excluding carboxylic acids is 1. The Bertz CT molecular complexity index is 625. The van der Waals surface area contributed by atoms with Crippen LogP contribution in [0.3, 0.4) is 0 Å². The van der Waals surface area contributed by atoms with E-state index in [9.17, 15) is 4.79 Å². The van der Waals surface area contributed by atoms with Crippen LogP contribution < -0.4 is 10.6 Å². The first-order valence-electron chi connectivity index (χ1n) is 7.67. The molecule has 4 nitrogen and oxygen atoms in total. The maximum atomic E-state index is 12.3. The molecule has 2 aromatic rings. The number of halogens is 2. The number of aromatic nitrogens is 1. The molecule has 1 aromatic heterocycles. The summed E-state index contributed by atoms with van der Waals surface area (Å²) in [5.74, 6) is 0.660. The molecule has 1 unspecified atom stereocenters. The van der Waals surface area contributed by atoms with Gasteiger partial charge in [-0.15, -0.1) is 24.8 Å². The molecule has 1 aliphatic heterocycles. The first kappa shape index (κ1) is 19.7. The molecule has 2 N–H and O–H groups in total. The van der Waals surface area contributed by atoms with Crippen LogP contribution in [0.4, 0.5) is 0 Å². The van der Waals surface area contributed by atoms with E-state index in [0.29, 0.717) is 11.5 Å². The third-order valence-corrected chi connectivity index (χ3v) is 4.11. The zero-order valence-corrected chi connectivity index (χ0v) is 14.6. The molecule has 1 amide bonds. The van der Waals surface area contributed by atoms with Crippen molar-refractivity contribution in [1.29, 1.82) is 0 Å². The minimum atomic E-state index is -0.0249. The van der Waals surface area contributed by atoms with Crippen molar-refractivity contribution in [3.05, 3.63) is 42.1 Å². The molecule has 0 saturated carbocycles. The molecule has 1 aromatic carbocycles. The summed E-state index contributed by atoms with van der Waals surface area (Å²) < 4.78 is 0. The molecule has 1 fully saturated rings. The second-order valence-electron chi connectivity index (χ2n) is 5.64. The van der Waals surface area contributed by atoms with Gasteiger partial charge in [0.15, 0.2) is 0 Å². The highest BCUT2D eigenvalue weighted by Gasteiger charge is 2.14. The Morgan fingerprint density at radius 3 is 2.87 bits per heavy atom. The summed E-state index contributed by atoms with van der Waals surface area (Å²) in [5, 5.41) is 7.44. The number of hydrogen-bond donors (Lipinski definition) is 2. The van der Waals surface area contributed by atoms with Gasteiger partial charge in [-0.3, -0.25) is 9.78 Å². The molecule has 3 rings (SSSR count). The van der Waals surface area contributed by atoms with Crippen LogP contribution in [-0.2, 0) is 0 Å². The zero-order chi connectivity index (χ0) is 14.5. The van der Waals surface area contributed by atoms with Gasteiger partial charge < -0.3 is 10.6 Å². The van der Waals surface area contributed by atoms with Crippen molar-refractivity contribution in [2.45, 2.75) is 19.3 Å². The van der Waals surface area contributed by atoms with Crippen molar-refractivity contribution in [2.24, 2.45) is 5.92 Å². The van der Waals surface area contributed by atoms with Crippen LogP contribution in [-0.4, -0.2) is 30.5 Å². The van der Waals surface area contributed by atoms with Gasteiger partial charge >= 0.3 is 0 Å². The molecule has 1 saturated heterocycles. The monoisotopic (exact) mass is 355 g/mol. The summed E-state index contributed by atoms with van der Waals surface area (Å²) in [6.07, 6.45) is 5.27. The third kappa shape index (κ3) is 5.06. The lowest BCUT2D eigenvalue weighted by atomic mass is 9.96. The van der Waals surface area contributed by atoms with Gasteiger partial charge in [0.1, 0.15) is 0 Å². The highest BCUT2D eigenvalue weighted by Crippen LogP contribution is 2.16. The van der Waals surface area contributed by atoms with E-state index in [2.05, 4.69) is 15.6 Å². The van der Waals surface area contributed by atoms with Crippen molar-refractivity contribution in [2.75, 3.05) is 19.6 Å². The summed E-state index contributed by atoms with van der Waals surface area (Å²) in [6.45, 7) is 2.94. The Balaban J connectivity index is 0.00000132. The summed E-state index contributed by atoms with van der Waals surface area (Å²) in [5.41, 5.74) is 1.44. The summed E-state index contributed by atoms with van der Waals surface area (Å²) in [7, 11) is 0. The van der Waals surface area contributed by atoms with Crippen LogP contribution in [0.25, 0.3) is 10.9 Å². The number of carbonyl (C=O) groups is 1. The predicted octanol–water partition coefficient (Wildman–Crippen LogP) is 3.20. The van der Waals surface area contributed by atoms with E-state index in [0.717, 1.165) is 37.0 Å². The quantitative estimate of drug-likeness (QED) is 0.885. The van der Waals surface area contributed by atoms with Crippen molar-refractivity contribution < 1.29 is 4.79 Å². The maximum absolute atomic E-state index is 12.3. The van der Waals surface area contributed by atoms with E-state index in [1.54, 1.807) is 6.20 Å². The molecule has 0 spiro atoms. The average Bonchev–Trinajstić information content (AvgIpc) is 2.55. The summed E-state index contributed by atoms with van der Waals surface area (Å²) in [4.78, 5) is 16.7. The van der Waals surface area contributed by atoms with Gasteiger partial charge in [-0.25, -0.2) is 0 Å². The van der Waals surface area contributed by atoms with Crippen molar-refractivity contribution in [3.8, 4) is 0 Å². The van der Waals surface area contributed by atoms with Crippen LogP contribution in [0, 0.1) is 5.92 Å². The van der Waals surface area contributed by atoms with E-state index < -0.39 is 0 Å². The van der Waals surface area contributed by atoms with Crippen molar-refractivity contribution in [3.63, 3.8) is 0 Å². The van der Waals surface area contributed by atoms with Crippen LogP contribution in [0.1, 0.15) is 29.6 Å². The first-order valence-corrected chi connectivity index (χ1v) is 7.67. The van der Waals surface area contributed by atoms with Crippen LogP contribution >= 0.6 is 24.8 Å². The zero-order valence-electron chi connectivity index (χ0n) is 13.0. The highest BCUT2D eigenvalue weighted by atomic mass is 35.5. The number of nitrogens with one attached hydrogen (secondary N) is 2. The molecule has 1 aliphatic rings. The molecule has 2 heterocycles. The minimum Gasteiger partial charge on any atom is -0.352 e. The normalized spacial score (nSPS) is 17.0. The van der Waals surface area contributed by atoms with E-state index in [-0.39, 0.29) is 30.7 Å². The number of pyridine rings is 1. The molecule has 0 radical (unpaired) electrons. The van der Waals surface area contributed by atoms with Gasteiger partial charge in [0.2, 0.25) is 0 Å². The molecule has 23 heavy (non-hydrogen) atoms. The second kappa shape index (κ2) is 9.71. The van der Waals surface area contributed by atoms with Crippen molar-refractivity contribution in [1.82, 2.24) is 15.6 Å². The number of hydrogen-bond acceptors (Lipinski definition) is 3. The lowest BCUT2D eigenvalue weighted by Crippen LogP contribution is -2.33. The number of amides is 1. The van der Waals surface area contributed by atoms with Gasteiger partial charge in [-0.1, -0.05) is 18.2 Å². The second-order valence-corrected chi connectivity index (χ2v) is 5.64. The number of rotatable bonds is 4. The minimum absolute atomic E-state index is 0. The van der Waals surface area contributed by atoms with Gasteiger partial charge in [0, 0.05) is 18.1 Å². The largest absolute Gasteiger partial charge is 0.352 e.